The summed E-state index contributed by atoms with van der Waals surface area (Å²) >= 11 is 0. The van der Waals surface area contributed by atoms with Crippen molar-refractivity contribution in [3.05, 3.63) is 0 Å². The zero-order valence-corrected chi connectivity index (χ0v) is 11.2. The van der Waals surface area contributed by atoms with Gasteiger partial charge in [0.15, 0.2) is 0 Å². The largest absolute Gasteiger partial charge is 0.317 e. The third-order valence-corrected chi connectivity index (χ3v) is 5.03. The minimum Gasteiger partial charge on any atom is -0.317 e. The van der Waals surface area contributed by atoms with Crippen LogP contribution in [0.3, 0.4) is 0 Å². The van der Waals surface area contributed by atoms with Crippen LogP contribution in [0, 0.1) is 11.8 Å². The molecule has 0 aromatic heterocycles. The lowest BCUT2D eigenvalue weighted by Gasteiger charge is -2.42. The Kier molecular flexibility index (Phi) is 4.26. The van der Waals surface area contributed by atoms with Crippen LogP contribution < -0.4 is 5.32 Å². The SMILES string of the molecule is CC1CCC(N(C)C2CCNCC2)CC1C. The highest BCUT2D eigenvalue weighted by Gasteiger charge is 2.30. The number of nitrogens with one attached hydrogen (secondary N) is 1. The number of nitrogens with zero attached hydrogens (tertiary/aromatic N) is 1. The summed E-state index contributed by atoms with van der Waals surface area (Å²) in [6.45, 7) is 7.29. The predicted molar refractivity (Wildman–Crippen MR) is 69.6 cm³/mol. The van der Waals surface area contributed by atoms with Gasteiger partial charge < -0.3 is 10.2 Å². The summed E-state index contributed by atoms with van der Waals surface area (Å²) in [7, 11) is 2.36. The van der Waals surface area contributed by atoms with E-state index in [-0.39, 0.29) is 0 Å². The van der Waals surface area contributed by atoms with Crippen molar-refractivity contribution in [1.29, 1.82) is 0 Å². The fraction of sp³-hybridized carbons (Fsp3) is 1.00. The Morgan fingerprint density at radius 1 is 0.875 bits per heavy atom. The number of hydrogen-bond acceptors (Lipinski definition) is 2. The molecule has 2 fully saturated rings. The minimum atomic E-state index is 0.840. The van der Waals surface area contributed by atoms with Crippen LogP contribution >= 0.6 is 0 Å². The highest BCUT2D eigenvalue weighted by Crippen LogP contribution is 2.33. The molecule has 1 saturated carbocycles. The van der Waals surface area contributed by atoms with Gasteiger partial charge in [-0.3, -0.25) is 0 Å². The van der Waals surface area contributed by atoms with Crippen molar-refractivity contribution in [3.8, 4) is 0 Å². The molecule has 0 aromatic carbocycles. The van der Waals surface area contributed by atoms with Crippen LogP contribution in [0.15, 0.2) is 0 Å². The molecule has 0 radical (unpaired) electrons. The molecule has 2 heteroatoms. The summed E-state index contributed by atoms with van der Waals surface area (Å²) in [4.78, 5) is 2.70. The van der Waals surface area contributed by atoms with E-state index < -0.39 is 0 Å². The molecule has 1 N–H and O–H groups in total. The first-order chi connectivity index (χ1) is 7.68. The van der Waals surface area contributed by atoms with Crippen LogP contribution in [0.25, 0.3) is 0 Å². The Bertz CT molecular complexity index is 211. The maximum Gasteiger partial charge on any atom is 0.0119 e. The molecule has 0 bridgehead atoms. The number of piperidine rings is 1. The van der Waals surface area contributed by atoms with Gasteiger partial charge in [0.25, 0.3) is 0 Å². The first-order valence-corrected chi connectivity index (χ1v) is 7.11. The maximum atomic E-state index is 3.46. The highest BCUT2D eigenvalue weighted by atomic mass is 15.2. The lowest BCUT2D eigenvalue weighted by Crippen LogP contribution is -2.47. The third kappa shape index (κ3) is 2.78. The van der Waals surface area contributed by atoms with Gasteiger partial charge in [0.1, 0.15) is 0 Å². The minimum absolute atomic E-state index is 0.840. The molecule has 0 aromatic rings. The third-order valence-electron chi connectivity index (χ3n) is 5.03. The summed E-state index contributed by atoms with van der Waals surface area (Å²) < 4.78 is 0. The maximum absolute atomic E-state index is 3.46. The van der Waals surface area contributed by atoms with Crippen molar-refractivity contribution in [2.24, 2.45) is 11.8 Å². The van der Waals surface area contributed by atoms with Crippen LogP contribution in [0.5, 0.6) is 0 Å². The molecule has 1 aliphatic heterocycles. The van der Waals surface area contributed by atoms with Crippen molar-refractivity contribution in [3.63, 3.8) is 0 Å². The van der Waals surface area contributed by atoms with Crippen LogP contribution in [0.4, 0.5) is 0 Å². The lowest BCUT2D eigenvalue weighted by molar-refractivity contribution is 0.0816. The molecule has 2 aliphatic rings. The Morgan fingerprint density at radius 2 is 1.56 bits per heavy atom. The summed E-state index contributed by atoms with van der Waals surface area (Å²) in [5.74, 6) is 1.86. The second kappa shape index (κ2) is 5.50. The van der Waals surface area contributed by atoms with E-state index >= 15 is 0 Å². The molecule has 1 aliphatic carbocycles. The normalized spacial score (nSPS) is 37.9. The molecule has 3 atom stereocenters. The Balaban J connectivity index is 1.86. The zero-order valence-electron chi connectivity index (χ0n) is 11.2. The van der Waals surface area contributed by atoms with Crippen LogP contribution in [-0.2, 0) is 0 Å². The molecule has 16 heavy (non-hydrogen) atoms. The highest BCUT2D eigenvalue weighted by molar-refractivity contribution is 4.85. The average Bonchev–Trinajstić information content (AvgIpc) is 2.33. The molecule has 1 saturated heterocycles. The van der Waals surface area contributed by atoms with Gasteiger partial charge in [-0.1, -0.05) is 13.8 Å². The molecule has 3 unspecified atom stereocenters. The first-order valence-electron chi connectivity index (χ1n) is 7.11. The monoisotopic (exact) mass is 224 g/mol. The van der Waals surface area contributed by atoms with Crippen molar-refractivity contribution < 1.29 is 0 Å². The smallest absolute Gasteiger partial charge is 0.0119 e. The van der Waals surface area contributed by atoms with Crippen LogP contribution in [0.2, 0.25) is 0 Å². The van der Waals surface area contributed by atoms with Gasteiger partial charge in [-0.05, 0) is 64.1 Å². The standard InChI is InChI=1S/C14H28N2/c1-11-4-5-14(10-12(11)2)16(3)13-6-8-15-9-7-13/h11-15H,4-10H2,1-3H3. The van der Waals surface area contributed by atoms with E-state index in [1.165, 1.54) is 45.2 Å². The fourth-order valence-corrected chi connectivity index (χ4v) is 3.40. The molecule has 0 spiro atoms. The van der Waals surface area contributed by atoms with Crippen molar-refractivity contribution in [2.75, 3.05) is 20.1 Å². The van der Waals surface area contributed by atoms with Gasteiger partial charge in [-0.2, -0.15) is 0 Å². The summed E-state index contributed by atoms with van der Waals surface area (Å²) in [6.07, 6.45) is 6.96. The van der Waals surface area contributed by atoms with Gasteiger partial charge in [0, 0.05) is 12.1 Å². The van der Waals surface area contributed by atoms with Gasteiger partial charge in [-0.25, -0.2) is 0 Å². The molecule has 0 amide bonds. The van der Waals surface area contributed by atoms with Crippen LogP contribution in [0.1, 0.15) is 46.0 Å². The summed E-state index contributed by atoms with van der Waals surface area (Å²) in [5, 5.41) is 3.46. The van der Waals surface area contributed by atoms with E-state index in [0.717, 1.165) is 23.9 Å². The van der Waals surface area contributed by atoms with E-state index in [4.69, 9.17) is 0 Å². The van der Waals surface area contributed by atoms with E-state index in [9.17, 15) is 0 Å². The Morgan fingerprint density at radius 3 is 2.19 bits per heavy atom. The second-order valence-corrected chi connectivity index (χ2v) is 6.07. The second-order valence-electron chi connectivity index (χ2n) is 6.07. The fourth-order valence-electron chi connectivity index (χ4n) is 3.40. The van der Waals surface area contributed by atoms with E-state index in [0.29, 0.717) is 0 Å². The summed E-state index contributed by atoms with van der Waals surface area (Å²) in [5.41, 5.74) is 0. The van der Waals surface area contributed by atoms with Gasteiger partial charge in [0.2, 0.25) is 0 Å². The number of rotatable bonds is 2. The molecule has 1 heterocycles. The molecular weight excluding hydrogens is 196 g/mol. The topological polar surface area (TPSA) is 15.3 Å². The Hall–Kier alpha value is -0.0800. The molecular formula is C14H28N2. The zero-order chi connectivity index (χ0) is 11.5. The number of hydrogen-bond donors (Lipinski definition) is 1. The predicted octanol–water partition coefficient (Wildman–Crippen LogP) is 2.49. The first kappa shape index (κ1) is 12.4. The Labute approximate surface area is 101 Å². The average molecular weight is 224 g/mol. The van der Waals surface area contributed by atoms with Crippen molar-refractivity contribution in [1.82, 2.24) is 10.2 Å². The van der Waals surface area contributed by atoms with Crippen LogP contribution in [-0.4, -0.2) is 37.1 Å². The van der Waals surface area contributed by atoms with E-state index in [2.05, 4.69) is 31.1 Å². The molecule has 2 nitrogen and oxygen atoms in total. The molecule has 2 rings (SSSR count). The van der Waals surface area contributed by atoms with Crippen molar-refractivity contribution >= 4 is 0 Å². The molecule has 94 valence electrons. The summed E-state index contributed by atoms with van der Waals surface area (Å²) in [6, 6.07) is 1.70. The quantitative estimate of drug-likeness (QED) is 0.775. The van der Waals surface area contributed by atoms with E-state index in [1.54, 1.807) is 0 Å². The van der Waals surface area contributed by atoms with Gasteiger partial charge in [-0.15, -0.1) is 0 Å². The van der Waals surface area contributed by atoms with Gasteiger partial charge in [0.05, 0.1) is 0 Å². The lowest BCUT2D eigenvalue weighted by atomic mass is 9.78. The van der Waals surface area contributed by atoms with E-state index in [1.807, 2.05) is 0 Å². The van der Waals surface area contributed by atoms with Crippen molar-refractivity contribution in [2.45, 2.75) is 58.0 Å². The van der Waals surface area contributed by atoms with Gasteiger partial charge >= 0.3 is 0 Å².